The van der Waals surface area contributed by atoms with Crippen molar-refractivity contribution in [3.63, 3.8) is 0 Å². The van der Waals surface area contributed by atoms with E-state index < -0.39 is 13.3 Å². The van der Waals surface area contributed by atoms with Crippen molar-refractivity contribution in [3.8, 4) is 28.3 Å². The number of aromatic nitrogens is 4. The molecule has 0 unspecified atom stereocenters. The van der Waals surface area contributed by atoms with Crippen molar-refractivity contribution < 1.29 is 24.5 Å². The van der Waals surface area contributed by atoms with Gasteiger partial charge in [0.1, 0.15) is 0 Å². The fourth-order valence-corrected chi connectivity index (χ4v) is 9.99. The number of rotatable bonds is 5. The zero-order valence-electron chi connectivity index (χ0n) is 32.0. The van der Waals surface area contributed by atoms with Crippen LogP contribution in [-0.2, 0) is 20.1 Å². The van der Waals surface area contributed by atoms with Crippen molar-refractivity contribution in [2.75, 3.05) is 0 Å². The summed E-state index contributed by atoms with van der Waals surface area (Å²) in [4.78, 5) is 14.1. The normalized spacial score (nSPS) is 13.5. The molecule has 1 aliphatic carbocycles. The number of imidazole rings is 1. The van der Waals surface area contributed by atoms with Gasteiger partial charge in [0, 0.05) is 25.8 Å². The molecule has 7 heteroatoms. The Hall–Kier alpha value is -4.36. The summed E-state index contributed by atoms with van der Waals surface area (Å²) in [6.07, 6.45) is 8.82. The van der Waals surface area contributed by atoms with Crippen LogP contribution >= 0.6 is 0 Å². The molecule has 0 atom stereocenters. The summed E-state index contributed by atoms with van der Waals surface area (Å²) < 4.78 is 9.57. The van der Waals surface area contributed by atoms with Crippen molar-refractivity contribution in [2.24, 2.45) is 0 Å². The van der Waals surface area contributed by atoms with Crippen LogP contribution in [0.3, 0.4) is 0 Å². The second-order valence-corrected chi connectivity index (χ2v) is 26.2. The van der Waals surface area contributed by atoms with Crippen LogP contribution in [0.1, 0.15) is 60.4 Å². The number of fused-ring (bicyclic) bond motifs is 4. The molecule has 1 saturated carbocycles. The van der Waals surface area contributed by atoms with Crippen molar-refractivity contribution >= 4 is 50.8 Å². The first-order chi connectivity index (χ1) is 25.6. The molecule has 1 fully saturated rings. The molecule has 0 bridgehead atoms. The fraction of sp³-hybridized carbons (Fsp3) is 0.255. The number of aryl methyl sites for hydroxylation is 3. The van der Waals surface area contributed by atoms with Crippen LogP contribution in [0.15, 0.2) is 108 Å². The molecule has 4 aromatic carbocycles. The van der Waals surface area contributed by atoms with Crippen LogP contribution in [0.5, 0.6) is 0 Å². The predicted octanol–water partition coefficient (Wildman–Crippen LogP) is 11.9. The molecule has 5 nitrogen and oxygen atoms in total. The topological polar surface area (TPSA) is 56.7 Å². The Kier molecular flexibility index (Phi) is 11.1. The fourth-order valence-electron chi connectivity index (χ4n) is 7.82. The van der Waals surface area contributed by atoms with Gasteiger partial charge in [-0.25, -0.2) is 0 Å². The molecule has 9 rings (SSSR count). The molecule has 275 valence electrons. The number of furan rings is 1. The van der Waals surface area contributed by atoms with Crippen LogP contribution < -0.4 is 4.40 Å². The quantitative estimate of drug-likeness (QED) is 0.127. The summed E-state index contributed by atoms with van der Waals surface area (Å²) in [5.41, 5.74) is 13.0. The zero-order chi connectivity index (χ0) is 36.7. The van der Waals surface area contributed by atoms with Crippen LogP contribution in [0, 0.1) is 32.9 Å². The van der Waals surface area contributed by atoms with Gasteiger partial charge in [-0.15, -0.1) is 35.9 Å². The van der Waals surface area contributed by atoms with Crippen LogP contribution in [-0.4, -0.2) is 32.8 Å². The van der Waals surface area contributed by atoms with Gasteiger partial charge in [0.2, 0.25) is 0 Å². The first kappa shape index (κ1) is 37.9. The summed E-state index contributed by atoms with van der Waals surface area (Å²) >= 11 is -1.83. The zero-order valence-corrected chi connectivity index (χ0v) is 36.5. The number of nitrogens with zero attached hydrogens (tertiary/aromatic N) is 4. The summed E-state index contributed by atoms with van der Waals surface area (Å²) in [6, 6.07) is 40.4. The van der Waals surface area contributed by atoms with Gasteiger partial charge in [0.15, 0.2) is 0 Å². The van der Waals surface area contributed by atoms with E-state index in [1.54, 1.807) is 0 Å². The molecular weight excluding hydrogens is 901 g/mol. The smallest absolute Gasteiger partial charge is 0 e. The summed E-state index contributed by atoms with van der Waals surface area (Å²) in [5, 5.41) is 2.10. The standard InChI is InChI=1S/C27H27N2.C20H19GeN2O.Ir/c1-19-17-23(21-11-5-3-6-12-21)18-20(2)26(19)29-25-16-10-9-15-24(25)28-27(29)22-13-7-4-8-14-22;1-13-5-8-16-17-11-14(6-10-19(17)24-20(16)23-13)18-9-7-15(12-22-18)21(2,3)4;/h4,7-10,13,15-18,21H,3,5-6,11-12H2,1-2H3;5,7-12H,1-4H3;/q2*-1;. The molecule has 54 heavy (non-hydrogen) atoms. The van der Waals surface area contributed by atoms with E-state index in [0.29, 0.717) is 5.71 Å². The third-order valence-electron chi connectivity index (χ3n) is 10.6. The first-order valence-corrected chi connectivity index (χ1v) is 26.2. The minimum atomic E-state index is -1.83. The summed E-state index contributed by atoms with van der Waals surface area (Å²) in [5.74, 6) is 8.81. The predicted molar refractivity (Wildman–Crippen MR) is 222 cm³/mol. The number of hydrogen-bond donors (Lipinski definition) is 0. The Bertz CT molecular complexity index is 2540. The Morgan fingerprint density at radius 3 is 2.22 bits per heavy atom. The van der Waals surface area contributed by atoms with E-state index in [4.69, 9.17) is 9.40 Å². The van der Waals surface area contributed by atoms with Gasteiger partial charge in [0.25, 0.3) is 0 Å². The Morgan fingerprint density at radius 2 is 1.52 bits per heavy atom. The second kappa shape index (κ2) is 15.8. The molecule has 0 N–H and O–H groups in total. The van der Waals surface area contributed by atoms with Crippen LogP contribution in [0.2, 0.25) is 17.3 Å². The molecule has 4 aromatic heterocycles. The maximum Gasteiger partial charge on any atom is 0 e. The van der Waals surface area contributed by atoms with E-state index >= 15 is 0 Å². The monoisotopic (exact) mass is 949 g/mol. The minimum absolute atomic E-state index is 0. The van der Waals surface area contributed by atoms with E-state index in [-0.39, 0.29) is 20.1 Å². The van der Waals surface area contributed by atoms with Crippen molar-refractivity contribution in [1.82, 2.24) is 19.5 Å². The number of hydrogen-bond acceptors (Lipinski definition) is 4. The maximum absolute atomic E-state index is 5.83. The van der Waals surface area contributed by atoms with E-state index in [1.165, 1.54) is 58.9 Å². The van der Waals surface area contributed by atoms with Crippen LogP contribution in [0.25, 0.3) is 61.4 Å². The molecule has 0 saturated heterocycles. The Balaban J connectivity index is 0.000000166. The molecule has 8 aromatic rings. The maximum atomic E-state index is 5.83. The van der Waals surface area contributed by atoms with Gasteiger partial charge in [-0.1, -0.05) is 43.5 Å². The summed E-state index contributed by atoms with van der Waals surface area (Å²) in [7, 11) is 0. The average Bonchev–Trinajstić information content (AvgIpc) is 3.73. The third kappa shape index (κ3) is 7.62. The van der Waals surface area contributed by atoms with Crippen molar-refractivity contribution in [3.05, 3.63) is 138 Å². The van der Waals surface area contributed by atoms with E-state index in [9.17, 15) is 0 Å². The molecule has 4 heterocycles. The number of pyridine rings is 2. The van der Waals surface area contributed by atoms with Crippen molar-refractivity contribution in [2.45, 2.75) is 76.1 Å². The minimum Gasteiger partial charge on any atom is 0 e. The number of para-hydroxylation sites is 2. The molecule has 1 aliphatic rings. The van der Waals surface area contributed by atoms with Gasteiger partial charge >= 0.3 is 144 Å². The molecule has 0 amide bonds. The van der Waals surface area contributed by atoms with Crippen molar-refractivity contribution in [1.29, 1.82) is 0 Å². The second-order valence-electron chi connectivity index (χ2n) is 15.6. The third-order valence-corrected chi connectivity index (χ3v) is 14.9. The van der Waals surface area contributed by atoms with E-state index in [0.717, 1.165) is 61.6 Å². The van der Waals surface area contributed by atoms with Crippen LogP contribution in [0.4, 0.5) is 0 Å². The van der Waals surface area contributed by atoms with Gasteiger partial charge in [-0.2, -0.15) is 0 Å². The van der Waals surface area contributed by atoms with Gasteiger partial charge in [-0.05, 0) is 61.4 Å². The first-order valence-electron chi connectivity index (χ1n) is 18.9. The summed E-state index contributed by atoms with van der Waals surface area (Å²) in [6.45, 7) is 6.47. The average molecular weight is 948 g/mol. The Labute approximate surface area is 335 Å². The van der Waals surface area contributed by atoms with Gasteiger partial charge in [0.05, 0.1) is 16.9 Å². The van der Waals surface area contributed by atoms with Gasteiger partial charge < -0.3 is 4.57 Å². The molecular formula is C47H46GeIrN4O-2. The molecule has 0 aliphatic heterocycles. The number of benzene rings is 4. The largest absolute Gasteiger partial charge is 0 e. The SMILES string of the molecule is Cc1cc(C2CCCCC2)cc(C)c1-n1c(-c2[c-]cccc2)nc2ccccc21.Cc1ccc2c(n1)oc1c[c-]c(-c3cc[c]([Ge]([CH3])([CH3])[CH3])cn3)cc12.[Ir]. The van der Waals surface area contributed by atoms with Gasteiger partial charge in [-0.3, -0.25) is 4.98 Å². The molecule has 1 radical (unpaired) electrons. The molecule has 0 spiro atoms. The Morgan fingerprint density at radius 1 is 0.759 bits per heavy atom. The van der Waals surface area contributed by atoms with E-state index in [2.05, 4.69) is 131 Å². The van der Waals surface area contributed by atoms with E-state index in [1.807, 2.05) is 37.4 Å².